The molecule has 0 aromatic rings. The lowest BCUT2D eigenvalue weighted by Crippen LogP contribution is -2.72. The fourth-order valence-electron chi connectivity index (χ4n) is 19.0. The molecule has 8 aliphatic rings. The highest BCUT2D eigenvalue weighted by Crippen LogP contribution is 2.41. The van der Waals surface area contributed by atoms with Crippen LogP contribution in [0.4, 0.5) is 0 Å². The maximum absolute atomic E-state index is 13.8. The first-order chi connectivity index (χ1) is 66.2. The molecule has 0 aromatic heterocycles. The van der Waals surface area contributed by atoms with Gasteiger partial charge in [-0.15, -0.1) is 0 Å². The van der Waals surface area contributed by atoms with Crippen molar-refractivity contribution in [3.05, 3.63) is 12.2 Å². The van der Waals surface area contributed by atoms with Gasteiger partial charge in [0.05, 0.1) is 70.6 Å². The summed E-state index contributed by atoms with van der Waals surface area (Å²) in [6.45, 7) is 1.78. The second-order valence-corrected chi connectivity index (χ2v) is 38.4. The maximum atomic E-state index is 13.8. The SMILES string of the molecule is CCCCCCCCCCCCC/C=C/[C@@H](O)[C@H](CO[C@@H]1OC(CO)[C@@H](O[C@@H]2OC(CO)[C@H](O)[C@H](O[C@@H]3OC(CO)[C@@H](O[C@H]4OC(C)[C@@H](O)C(O)[C@@H]4O)[C@H](O[C@@H]4OC(CO)[C@H](O)[C@H](O[C@@H]5OC(CO)[C@@H](O[C@@H]6OC(CO)[C@H](O)[C@H](O)C6O)[C@H](O[C@H]6OC(C)[C@@H](O)C(O)[C@@H]6O)C5NC(C)=O)C4O)C3NC(C)=O)C2O)[C@H](O)C1O)NC(=O)CCCCCCCCCCCCCCCCCCCCCCC. The van der Waals surface area contributed by atoms with Crippen LogP contribution in [0.5, 0.6) is 0 Å². The topological polar surface area (TPSA) is 680 Å². The Morgan fingerprint density at radius 3 is 0.942 bits per heavy atom. The van der Waals surface area contributed by atoms with Crippen LogP contribution >= 0.6 is 0 Å². The van der Waals surface area contributed by atoms with Crippen molar-refractivity contribution >= 4 is 17.7 Å². The summed E-state index contributed by atoms with van der Waals surface area (Å²) in [7, 11) is 0. The van der Waals surface area contributed by atoms with Crippen LogP contribution in [0.3, 0.4) is 0 Å². The van der Waals surface area contributed by atoms with Crippen LogP contribution in [-0.4, -0.2) is 434 Å². The standard InChI is InChI=1S/C94H169N3O41/c1-7-9-11-13-15-17-19-21-22-23-24-25-26-27-28-30-32-34-36-38-40-42-62(107)97-54(55(106)41-39-37-35-33-31-29-20-18-16-14-12-10-8-2)49-123-89-77(120)73(116)80(59(46-101)131-89)132-93-78(121)85(68(111)57(44-99)127-93)137-88-64(96-53(6)105)84(81(60(47-102)129-88)133-90-74(117)70(113)65(108)50(3)124-90)136-94-79(122)86(69(112)58(45-100)128-94)138-87-63(95-52(5)104)83(135-91-75(118)71(114)66(109)51(4)125-91)82(61(48-103)130-87)134-92-76(119)72(115)67(110)56(43-98)126-92/h39,41,50-51,54-61,63-94,98-103,106,108-122H,7-38,40,42-49H2,1-6H3,(H,95,104)(H,96,105)(H,97,107)/b41-39+/t50?,51?,54-,55+,56?,57?,58?,59?,60?,61?,63?,64?,65+,66+,67-,68-,69-,70?,71?,72-,73+,74-,75-,76?,77?,78?,79?,80+,81+,82+,83+,84+,85-,86-,87-,88-,89+,90+,91+,92-,93-,94-/m0/s1. The Balaban J connectivity index is 0.985. The van der Waals surface area contributed by atoms with E-state index in [0.717, 1.165) is 71.6 Å². The molecule has 138 heavy (non-hydrogen) atoms. The number of hydrogen-bond acceptors (Lipinski definition) is 41. The number of aliphatic hydroxyl groups excluding tert-OH is 22. The molecule has 0 saturated carbocycles. The van der Waals surface area contributed by atoms with E-state index >= 15 is 0 Å². The summed E-state index contributed by atoms with van der Waals surface area (Å²) in [6, 6.07) is -5.14. The van der Waals surface area contributed by atoms with Crippen LogP contribution in [0.25, 0.3) is 0 Å². The van der Waals surface area contributed by atoms with Crippen molar-refractivity contribution in [3.8, 4) is 0 Å². The van der Waals surface area contributed by atoms with Crippen LogP contribution in [0, 0.1) is 0 Å². The summed E-state index contributed by atoms with van der Waals surface area (Å²) >= 11 is 0. The molecule has 8 saturated heterocycles. The summed E-state index contributed by atoms with van der Waals surface area (Å²) in [6.07, 6.45) is -35.8. The highest BCUT2D eigenvalue weighted by Gasteiger charge is 2.62. The second kappa shape index (κ2) is 62.7. The summed E-state index contributed by atoms with van der Waals surface area (Å²) < 4.78 is 97.9. The number of aliphatic hydroxyl groups is 22. The third kappa shape index (κ3) is 35.2. The highest BCUT2D eigenvalue weighted by atomic mass is 16.8. The van der Waals surface area contributed by atoms with Crippen molar-refractivity contribution in [1.82, 2.24) is 16.0 Å². The lowest BCUT2D eigenvalue weighted by atomic mass is 9.93. The average Bonchev–Trinajstić information content (AvgIpc) is 0.751. The quantitative estimate of drug-likeness (QED) is 0.0223. The Labute approximate surface area is 808 Å². The van der Waals surface area contributed by atoms with Crippen molar-refractivity contribution in [3.63, 3.8) is 0 Å². The molecule has 25 N–H and O–H groups in total. The predicted octanol–water partition coefficient (Wildman–Crippen LogP) is -2.38. The lowest BCUT2D eigenvalue weighted by molar-refractivity contribution is -0.399. The van der Waals surface area contributed by atoms with Crippen molar-refractivity contribution in [2.45, 2.75) is 518 Å². The zero-order chi connectivity index (χ0) is 101. The fourth-order valence-corrected chi connectivity index (χ4v) is 19.0. The van der Waals surface area contributed by atoms with Gasteiger partial charge in [0.1, 0.15) is 183 Å². The van der Waals surface area contributed by atoms with Crippen LogP contribution in [0.2, 0.25) is 0 Å². The van der Waals surface area contributed by atoms with Gasteiger partial charge < -0.3 is 204 Å². The Bertz CT molecular complexity index is 3340. The Hall–Kier alpha value is -3.37. The van der Waals surface area contributed by atoms with Gasteiger partial charge in [0.2, 0.25) is 17.7 Å². The summed E-state index contributed by atoms with van der Waals surface area (Å²) in [5.74, 6) is -2.32. The molecule has 8 rings (SSSR count). The van der Waals surface area contributed by atoms with Gasteiger partial charge in [-0.1, -0.05) is 219 Å². The first-order valence-electron chi connectivity index (χ1n) is 50.7. The van der Waals surface area contributed by atoms with Crippen LogP contribution in [0.15, 0.2) is 12.2 Å². The maximum Gasteiger partial charge on any atom is 0.220 e. The largest absolute Gasteiger partial charge is 0.394 e. The van der Waals surface area contributed by atoms with Crippen molar-refractivity contribution in [1.29, 1.82) is 0 Å². The molecule has 16 unspecified atom stereocenters. The van der Waals surface area contributed by atoms with Crippen molar-refractivity contribution in [2.24, 2.45) is 0 Å². The first-order valence-corrected chi connectivity index (χ1v) is 50.7. The van der Waals surface area contributed by atoms with Crippen LogP contribution < -0.4 is 16.0 Å². The number of amides is 3. The molecule has 0 aliphatic carbocycles. The van der Waals surface area contributed by atoms with E-state index in [1.165, 1.54) is 155 Å². The number of hydrogen-bond donors (Lipinski definition) is 25. The second-order valence-electron chi connectivity index (χ2n) is 38.4. The molecule has 44 nitrogen and oxygen atoms in total. The monoisotopic (exact) mass is 2000 g/mol. The molecule has 8 fully saturated rings. The Morgan fingerprint density at radius 1 is 0.297 bits per heavy atom. The van der Waals surface area contributed by atoms with E-state index in [0.29, 0.717) is 12.8 Å². The molecule has 44 heteroatoms. The third-order valence-electron chi connectivity index (χ3n) is 27.4. The molecule has 8 heterocycles. The fraction of sp³-hybridized carbons (Fsp3) is 0.947. The van der Waals surface area contributed by atoms with Gasteiger partial charge >= 0.3 is 0 Å². The summed E-state index contributed by atoms with van der Waals surface area (Å²) in [5, 5.41) is 258. The number of unbranched alkanes of at least 4 members (excludes halogenated alkanes) is 31. The normalized spacial score (nSPS) is 39.2. The minimum atomic E-state index is -2.50. The lowest BCUT2D eigenvalue weighted by Gasteiger charge is -2.52. The average molecular weight is 2000 g/mol. The molecular weight excluding hydrogens is 1830 g/mol. The minimum absolute atomic E-state index is 0.138. The van der Waals surface area contributed by atoms with Gasteiger partial charge in [-0.2, -0.15) is 0 Å². The van der Waals surface area contributed by atoms with Crippen molar-refractivity contribution < 1.29 is 203 Å². The third-order valence-corrected chi connectivity index (χ3v) is 27.4. The van der Waals surface area contributed by atoms with Gasteiger partial charge in [0, 0.05) is 20.3 Å². The Kier molecular flexibility index (Phi) is 54.5. The smallest absolute Gasteiger partial charge is 0.220 e. The van der Waals surface area contributed by atoms with E-state index in [2.05, 4.69) is 29.8 Å². The van der Waals surface area contributed by atoms with Gasteiger partial charge in [-0.25, -0.2) is 0 Å². The molecular formula is C94H169N3O41. The van der Waals surface area contributed by atoms with Gasteiger partial charge in [0.25, 0.3) is 0 Å². The van der Waals surface area contributed by atoms with E-state index in [4.69, 9.17) is 75.8 Å². The van der Waals surface area contributed by atoms with Gasteiger partial charge in [0.15, 0.2) is 50.3 Å². The number of nitrogens with one attached hydrogen (secondary N) is 3. The molecule has 8 aliphatic heterocycles. The summed E-state index contributed by atoms with van der Waals surface area (Å²) in [5.41, 5.74) is 0. The molecule has 0 spiro atoms. The van der Waals surface area contributed by atoms with E-state index in [9.17, 15) is 127 Å². The number of carbonyl (C=O) groups is 3. The summed E-state index contributed by atoms with van der Waals surface area (Å²) in [4.78, 5) is 41.0. The van der Waals surface area contributed by atoms with Gasteiger partial charge in [-0.05, 0) is 33.1 Å². The number of rotatable bonds is 62. The zero-order valence-corrected chi connectivity index (χ0v) is 81.0. The molecule has 3 amide bonds. The first kappa shape index (κ1) is 120. The number of allylic oxidation sites excluding steroid dienone is 1. The van der Waals surface area contributed by atoms with Crippen molar-refractivity contribution in [2.75, 3.05) is 46.2 Å². The van der Waals surface area contributed by atoms with Crippen LogP contribution in [-0.2, 0) is 90.2 Å². The van der Waals surface area contributed by atoms with E-state index < -0.39 is 316 Å². The molecule has 0 bridgehead atoms. The van der Waals surface area contributed by atoms with Crippen LogP contribution in [0.1, 0.15) is 260 Å². The number of ether oxygens (including phenoxy) is 16. The van der Waals surface area contributed by atoms with Gasteiger partial charge in [-0.3, -0.25) is 14.4 Å². The molecule has 0 radical (unpaired) electrons. The molecule has 806 valence electrons. The molecule has 42 atom stereocenters. The van der Waals surface area contributed by atoms with E-state index in [1.807, 2.05) is 6.08 Å². The predicted molar refractivity (Wildman–Crippen MR) is 484 cm³/mol. The zero-order valence-electron chi connectivity index (χ0n) is 81.0. The Morgan fingerprint density at radius 2 is 0.580 bits per heavy atom. The van der Waals surface area contributed by atoms with E-state index in [-0.39, 0.29) is 12.3 Å². The minimum Gasteiger partial charge on any atom is -0.394 e. The molecule has 0 aromatic carbocycles. The van der Waals surface area contributed by atoms with E-state index in [1.54, 1.807) is 6.08 Å². The highest BCUT2D eigenvalue weighted by molar-refractivity contribution is 5.76. The number of carbonyl (C=O) groups excluding carboxylic acids is 3.